The van der Waals surface area contributed by atoms with Crippen molar-refractivity contribution < 1.29 is 9.59 Å². The molecule has 1 aliphatic rings. The van der Waals surface area contributed by atoms with Gasteiger partial charge in [0.15, 0.2) is 0 Å². The first-order valence-electron chi connectivity index (χ1n) is 9.18. The summed E-state index contributed by atoms with van der Waals surface area (Å²) in [4.78, 5) is 41.5. The number of amides is 2. The molecule has 1 saturated heterocycles. The third-order valence-corrected chi connectivity index (χ3v) is 5.85. The summed E-state index contributed by atoms with van der Waals surface area (Å²) in [6.07, 6.45) is 4.50. The number of aromatic amines is 1. The van der Waals surface area contributed by atoms with E-state index in [1.54, 1.807) is 32.2 Å². The highest BCUT2D eigenvalue weighted by Gasteiger charge is 2.35. The van der Waals surface area contributed by atoms with Crippen LogP contribution in [-0.2, 0) is 11.2 Å². The first-order valence-corrected chi connectivity index (χ1v) is 10.1. The number of carbonyl (C=O) groups is 2. The minimum atomic E-state index is -0.938. The van der Waals surface area contributed by atoms with Crippen LogP contribution in [0.25, 0.3) is 0 Å². The van der Waals surface area contributed by atoms with E-state index in [1.807, 2.05) is 22.4 Å². The molecule has 1 aliphatic heterocycles. The molecule has 0 unspecified atom stereocenters. The Morgan fingerprint density at radius 2 is 2.00 bits per heavy atom. The highest BCUT2D eigenvalue weighted by atomic mass is 32.1. The molecule has 0 spiro atoms. The Kier molecular flexibility index (Phi) is 5.79. The maximum atomic E-state index is 12.9. The fourth-order valence-electron chi connectivity index (χ4n) is 3.45. The molecule has 6 nitrogen and oxygen atoms in total. The monoisotopic (exact) mass is 387 g/mol. The Morgan fingerprint density at radius 1 is 1.26 bits per heavy atom. The van der Waals surface area contributed by atoms with Crippen LogP contribution in [0.3, 0.4) is 0 Å². The average molecular weight is 388 g/mol. The van der Waals surface area contributed by atoms with Crippen LogP contribution in [0.2, 0.25) is 0 Å². The smallest absolute Gasteiger partial charge is 0.262 e. The Hall–Kier alpha value is -2.41. The molecular weight excluding hydrogens is 362 g/mol. The third kappa shape index (κ3) is 4.86. The maximum Gasteiger partial charge on any atom is 0.262 e. The fourth-order valence-corrected chi connectivity index (χ4v) is 4.06. The number of H-pyrrole nitrogens is 1. The molecule has 27 heavy (non-hydrogen) atoms. The number of nitrogens with one attached hydrogen (secondary N) is 2. The Morgan fingerprint density at radius 3 is 2.59 bits per heavy atom. The molecular formula is C20H25N3O3S. The molecule has 0 radical (unpaired) electrons. The van der Waals surface area contributed by atoms with Gasteiger partial charge in [-0.2, -0.15) is 0 Å². The SMILES string of the molecule is CC(C)(NC(=O)c1cccs1)C(=O)N1CCC(Cc2ccc(=O)[nH]c2)CC1. The van der Waals surface area contributed by atoms with Gasteiger partial charge in [-0.05, 0) is 56.0 Å². The van der Waals surface area contributed by atoms with Gasteiger partial charge >= 0.3 is 0 Å². The second-order valence-corrected chi connectivity index (χ2v) is 8.50. The van der Waals surface area contributed by atoms with Crippen molar-refractivity contribution in [3.05, 3.63) is 56.6 Å². The molecule has 2 aromatic heterocycles. The lowest BCUT2D eigenvalue weighted by molar-refractivity contribution is -0.138. The molecule has 1 fully saturated rings. The summed E-state index contributed by atoms with van der Waals surface area (Å²) in [7, 11) is 0. The number of hydrogen-bond acceptors (Lipinski definition) is 4. The van der Waals surface area contributed by atoms with Crippen LogP contribution in [-0.4, -0.2) is 40.3 Å². The van der Waals surface area contributed by atoms with Crippen molar-refractivity contribution >= 4 is 23.2 Å². The van der Waals surface area contributed by atoms with Gasteiger partial charge in [0, 0.05) is 25.4 Å². The van der Waals surface area contributed by atoms with E-state index in [4.69, 9.17) is 0 Å². The van der Waals surface area contributed by atoms with Crippen LogP contribution < -0.4 is 10.9 Å². The zero-order valence-corrected chi connectivity index (χ0v) is 16.5. The number of hydrogen-bond donors (Lipinski definition) is 2. The summed E-state index contributed by atoms with van der Waals surface area (Å²) in [5.74, 6) is 0.231. The molecule has 0 bridgehead atoms. The third-order valence-electron chi connectivity index (χ3n) is 4.98. The van der Waals surface area contributed by atoms with Crippen LogP contribution in [0, 0.1) is 5.92 Å². The summed E-state index contributed by atoms with van der Waals surface area (Å²) in [6, 6.07) is 6.98. The van der Waals surface area contributed by atoms with Gasteiger partial charge in [-0.15, -0.1) is 11.3 Å². The zero-order chi connectivity index (χ0) is 19.4. The summed E-state index contributed by atoms with van der Waals surface area (Å²) >= 11 is 1.36. The van der Waals surface area contributed by atoms with E-state index >= 15 is 0 Å². The normalized spacial score (nSPS) is 15.6. The van der Waals surface area contributed by atoms with Gasteiger partial charge < -0.3 is 15.2 Å². The number of aromatic nitrogens is 1. The lowest BCUT2D eigenvalue weighted by Gasteiger charge is -2.37. The quantitative estimate of drug-likeness (QED) is 0.827. The molecule has 0 saturated carbocycles. The van der Waals surface area contributed by atoms with E-state index in [0.29, 0.717) is 23.9 Å². The number of pyridine rings is 1. The molecule has 2 amide bonds. The highest BCUT2D eigenvalue weighted by molar-refractivity contribution is 7.12. The fraction of sp³-hybridized carbons (Fsp3) is 0.450. The van der Waals surface area contributed by atoms with E-state index in [-0.39, 0.29) is 17.4 Å². The minimum absolute atomic E-state index is 0.0464. The van der Waals surface area contributed by atoms with Crippen molar-refractivity contribution in [2.75, 3.05) is 13.1 Å². The first kappa shape index (κ1) is 19.4. The minimum Gasteiger partial charge on any atom is -0.341 e. The van der Waals surface area contributed by atoms with Gasteiger partial charge in [0.2, 0.25) is 11.5 Å². The Labute approximate surface area is 162 Å². The van der Waals surface area contributed by atoms with E-state index in [2.05, 4.69) is 10.3 Å². The second-order valence-electron chi connectivity index (χ2n) is 7.56. The molecule has 0 aliphatic carbocycles. The van der Waals surface area contributed by atoms with Crippen molar-refractivity contribution in [2.45, 2.75) is 38.6 Å². The van der Waals surface area contributed by atoms with Gasteiger partial charge in [-0.3, -0.25) is 14.4 Å². The van der Waals surface area contributed by atoms with Crippen LogP contribution >= 0.6 is 11.3 Å². The van der Waals surface area contributed by atoms with Crippen molar-refractivity contribution in [1.29, 1.82) is 0 Å². The van der Waals surface area contributed by atoms with Crippen molar-refractivity contribution in [2.24, 2.45) is 5.92 Å². The average Bonchev–Trinajstić information content (AvgIpc) is 3.18. The molecule has 144 valence electrons. The van der Waals surface area contributed by atoms with Gasteiger partial charge in [-0.25, -0.2) is 0 Å². The predicted octanol–water partition coefficient (Wildman–Crippen LogP) is 2.43. The highest BCUT2D eigenvalue weighted by Crippen LogP contribution is 2.23. The lowest BCUT2D eigenvalue weighted by atomic mass is 9.89. The van der Waals surface area contributed by atoms with Gasteiger partial charge in [-0.1, -0.05) is 12.1 Å². The zero-order valence-electron chi connectivity index (χ0n) is 15.7. The van der Waals surface area contributed by atoms with Crippen LogP contribution in [0.15, 0.2) is 40.6 Å². The van der Waals surface area contributed by atoms with Gasteiger partial charge in [0.25, 0.3) is 5.91 Å². The van der Waals surface area contributed by atoms with E-state index in [9.17, 15) is 14.4 Å². The number of rotatable bonds is 5. The summed E-state index contributed by atoms with van der Waals surface area (Å²) in [5.41, 5.74) is 0.0845. The van der Waals surface area contributed by atoms with Gasteiger partial charge in [0.05, 0.1) is 4.88 Å². The molecule has 7 heteroatoms. The van der Waals surface area contributed by atoms with Crippen molar-refractivity contribution in [1.82, 2.24) is 15.2 Å². The molecule has 3 heterocycles. The number of piperidine rings is 1. The number of carbonyl (C=O) groups excluding carboxylic acids is 2. The van der Waals surface area contributed by atoms with E-state index in [0.717, 1.165) is 24.8 Å². The first-order chi connectivity index (χ1) is 12.8. The van der Waals surface area contributed by atoms with Crippen LogP contribution in [0.1, 0.15) is 41.9 Å². The topological polar surface area (TPSA) is 82.3 Å². The number of thiophene rings is 1. The molecule has 3 rings (SSSR count). The maximum absolute atomic E-state index is 12.9. The standard InChI is InChI=1S/C20H25N3O3S/c1-20(2,22-18(25)16-4-3-11-27-16)19(26)23-9-7-14(8-10-23)12-15-5-6-17(24)21-13-15/h3-6,11,13-14H,7-10,12H2,1-2H3,(H,21,24)(H,22,25). The summed E-state index contributed by atoms with van der Waals surface area (Å²) < 4.78 is 0. The second kappa shape index (κ2) is 8.08. The lowest BCUT2D eigenvalue weighted by Crippen LogP contribution is -2.57. The van der Waals surface area contributed by atoms with E-state index < -0.39 is 5.54 Å². The van der Waals surface area contributed by atoms with Gasteiger partial charge in [0.1, 0.15) is 5.54 Å². The Bertz CT molecular complexity index is 829. The Balaban J connectivity index is 1.53. The number of nitrogens with zero attached hydrogens (tertiary/aromatic N) is 1. The van der Waals surface area contributed by atoms with Crippen LogP contribution in [0.5, 0.6) is 0 Å². The molecule has 2 aromatic rings. The molecule has 0 aromatic carbocycles. The predicted molar refractivity (Wildman–Crippen MR) is 106 cm³/mol. The van der Waals surface area contributed by atoms with Crippen molar-refractivity contribution in [3.63, 3.8) is 0 Å². The van der Waals surface area contributed by atoms with Crippen molar-refractivity contribution in [3.8, 4) is 0 Å². The molecule has 0 atom stereocenters. The summed E-state index contributed by atoms with van der Waals surface area (Å²) in [6.45, 7) is 4.89. The molecule has 2 N–H and O–H groups in total. The largest absolute Gasteiger partial charge is 0.341 e. The summed E-state index contributed by atoms with van der Waals surface area (Å²) in [5, 5.41) is 4.70. The van der Waals surface area contributed by atoms with E-state index in [1.165, 1.54) is 11.3 Å². The number of likely N-dealkylation sites (tertiary alicyclic amines) is 1. The van der Waals surface area contributed by atoms with Crippen LogP contribution in [0.4, 0.5) is 0 Å².